The van der Waals surface area contributed by atoms with E-state index in [9.17, 15) is 9.18 Å². The first-order chi connectivity index (χ1) is 8.87. The molecular weight excluding hydrogens is 288 g/mol. The van der Waals surface area contributed by atoms with Gasteiger partial charge < -0.3 is 5.32 Å². The molecule has 0 spiro atoms. The molecule has 0 aromatic heterocycles. The number of rotatable bonds is 6. The highest BCUT2D eigenvalue weighted by atomic mass is 35.5. The van der Waals surface area contributed by atoms with Gasteiger partial charge in [-0.15, -0.1) is 11.6 Å². The molecule has 0 aliphatic carbocycles. The summed E-state index contributed by atoms with van der Waals surface area (Å²) in [6.45, 7) is 4.54. The van der Waals surface area contributed by atoms with Crippen molar-refractivity contribution in [3.8, 4) is 0 Å². The van der Waals surface area contributed by atoms with Crippen molar-refractivity contribution in [2.24, 2.45) is 5.41 Å². The highest BCUT2D eigenvalue weighted by Crippen LogP contribution is 2.22. The number of amides is 1. The Morgan fingerprint density at radius 1 is 1.42 bits per heavy atom. The molecule has 0 saturated carbocycles. The molecule has 0 unspecified atom stereocenters. The SMILES string of the molecule is CC(C)(CCCCl)CNC(=O)c1cccc(Cl)c1F. The molecular formula is C14H18Cl2FNO. The smallest absolute Gasteiger partial charge is 0.254 e. The summed E-state index contributed by atoms with van der Waals surface area (Å²) >= 11 is 11.3. The molecule has 0 atom stereocenters. The largest absolute Gasteiger partial charge is 0.351 e. The Bertz CT molecular complexity index is 449. The van der Waals surface area contributed by atoms with Crippen LogP contribution in [0.2, 0.25) is 5.02 Å². The van der Waals surface area contributed by atoms with Crippen molar-refractivity contribution in [3.05, 3.63) is 34.6 Å². The van der Waals surface area contributed by atoms with Gasteiger partial charge in [0.25, 0.3) is 5.91 Å². The van der Waals surface area contributed by atoms with Crippen LogP contribution in [-0.4, -0.2) is 18.3 Å². The van der Waals surface area contributed by atoms with Gasteiger partial charge in [0.05, 0.1) is 10.6 Å². The zero-order valence-corrected chi connectivity index (χ0v) is 12.6. The van der Waals surface area contributed by atoms with Crippen LogP contribution < -0.4 is 5.32 Å². The number of carbonyl (C=O) groups is 1. The summed E-state index contributed by atoms with van der Waals surface area (Å²) in [6.07, 6.45) is 1.78. The predicted octanol–water partition coefficient (Wildman–Crippen LogP) is 4.25. The number of carbonyl (C=O) groups excluding carboxylic acids is 1. The van der Waals surface area contributed by atoms with Crippen molar-refractivity contribution in [1.29, 1.82) is 0 Å². The standard InChI is InChI=1S/C14H18Cl2FNO/c1-14(2,7-4-8-15)9-18-13(19)10-5-3-6-11(16)12(10)17/h3,5-6H,4,7-9H2,1-2H3,(H,18,19). The second-order valence-electron chi connectivity index (χ2n) is 5.24. The lowest BCUT2D eigenvalue weighted by atomic mass is 9.88. The molecule has 1 N–H and O–H groups in total. The topological polar surface area (TPSA) is 29.1 Å². The first-order valence-electron chi connectivity index (χ1n) is 6.15. The zero-order chi connectivity index (χ0) is 14.5. The lowest BCUT2D eigenvalue weighted by molar-refractivity contribution is 0.0930. The van der Waals surface area contributed by atoms with Crippen molar-refractivity contribution in [2.45, 2.75) is 26.7 Å². The van der Waals surface area contributed by atoms with E-state index in [1.54, 1.807) is 6.07 Å². The van der Waals surface area contributed by atoms with Crippen LogP contribution in [0.15, 0.2) is 18.2 Å². The Morgan fingerprint density at radius 2 is 2.11 bits per heavy atom. The van der Waals surface area contributed by atoms with Gasteiger partial charge in [-0.25, -0.2) is 4.39 Å². The van der Waals surface area contributed by atoms with Gasteiger partial charge >= 0.3 is 0 Å². The molecule has 1 aromatic carbocycles. The van der Waals surface area contributed by atoms with E-state index in [4.69, 9.17) is 23.2 Å². The first-order valence-corrected chi connectivity index (χ1v) is 7.07. The maximum absolute atomic E-state index is 13.7. The molecule has 0 heterocycles. The molecule has 2 nitrogen and oxygen atoms in total. The summed E-state index contributed by atoms with van der Waals surface area (Å²) < 4.78 is 13.7. The van der Waals surface area contributed by atoms with Crippen LogP contribution >= 0.6 is 23.2 Å². The molecule has 106 valence electrons. The molecule has 1 aromatic rings. The van der Waals surface area contributed by atoms with Crippen molar-refractivity contribution in [2.75, 3.05) is 12.4 Å². The second kappa shape index (κ2) is 7.11. The summed E-state index contributed by atoms with van der Waals surface area (Å²) in [5.41, 5.74) is -0.0970. The summed E-state index contributed by atoms with van der Waals surface area (Å²) in [5, 5.41) is 2.69. The Morgan fingerprint density at radius 3 is 2.74 bits per heavy atom. The van der Waals surface area contributed by atoms with Crippen LogP contribution in [0.3, 0.4) is 0 Å². The molecule has 1 amide bonds. The first kappa shape index (κ1) is 16.3. The van der Waals surface area contributed by atoms with Crippen molar-refractivity contribution < 1.29 is 9.18 Å². The number of alkyl halides is 1. The van der Waals surface area contributed by atoms with Crippen molar-refractivity contribution >= 4 is 29.1 Å². The predicted molar refractivity (Wildman–Crippen MR) is 77.5 cm³/mol. The van der Waals surface area contributed by atoms with Crippen molar-refractivity contribution in [3.63, 3.8) is 0 Å². The number of hydrogen-bond donors (Lipinski definition) is 1. The number of benzene rings is 1. The Hall–Kier alpha value is -0.800. The third-order valence-corrected chi connectivity index (χ3v) is 3.47. The summed E-state index contributed by atoms with van der Waals surface area (Å²) in [4.78, 5) is 11.9. The Kier molecular flexibility index (Phi) is 6.08. The molecule has 5 heteroatoms. The van der Waals surface area contributed by atoms with Gasteiger partial charge in [0.15, 0.2) is 5.82 Å². The molecule has 0 saturated heterocycles. The average molecular weight is 306 g/mol. The average Bonchev–Trinajstić information content (AvgIpc) is 2.37. The summed E-state index contributed by atoms with van der Waals surface area (Å²) in [7, 11) is 0. The van der Waals surface area contributed by atoms with Crippen molar-refractivity contribution in [1.82, 2.24) is 5.32 Å². The van der Waals surface area contributed by atoms with Crippen LogP contribution in [0.1, 0.15) is 37.0 Å². The molecule has 0 fully saturated rings. The van der Waals surface area contributed by atoms with E-state index in [0.717, 1.165) is 12.8 Å². The third kappa shape index (κ3) is 5.00. The van der Waals surface area contributed by atoms with Crippen LogP contribution in [0, 0.1) is 11.2 Å². The monoisotopic (exact) mass is 305 g/mol. The van der Waals surface area contributed by atoms with Gasteiger partial charge in [-0.2, -0.15) is 0 Å². The van der Waals surface area contributed by atoms with E-state index in [-0.39, 0.29) is 16.0 Å². The van der Waals surface area contributed by atoms with Crippen LogP contribution in [-0.2, 0) is 0 Å². The maximum Gasteiger partial charge on any atom is 0.254 e. The second-order valence-corrected chi connectivity index (χ2v) is 6.03. The molecule has 1 rings (SSSR count). The normalized spacial score (nSPS) is 11.4. The van der Waals surface area contributed by atoms with Crippen LogP contribution in [0.4, 0.5) is 4.39 Å². The van der Waals surface area contributed by atoms with E-state index < -0.39 is 11.7 Å². The van der Waals surface area contributed by atoms with Gasteiger partial charge in [-0.3, -0.25) is 4.79 Å². The van der Waals surface area contributed by atoms with E-state index in [2.05, 4.69) is 5.32 Å². The fourth-order valence-corrected chi connectivity index (χ4v) is 2.04. The zero-order valence-electron chi connectivity index (χ0n) is 11.1. The minimum absolute atomic E-state index is 0.0272. The van der Waals surface area contributed by atoms with E-state index in [0.29, 0.717) is 12.4 Å². The van der Waals surface area contributed by atoms with E-state index in [1.165, 1.54) is 12.1 Å². The number of halogens is 3. The van der Waals surface area contributed by atoms with E-state index in [1.807, 2.05) is 13.8 Å². The van der Waals surface area contributed by atoms with Gasteiger partial charge in [0, 0.05) is 12.4 Å². The quantitative estimate of drug-likeness (QED) is 0.782. The third-order valence-electron chi connectivity index (χ3n) is 2.91. The number of hydrogen-bond acceptors (Lipinski definition) is 1. The molecule has 0 aliphatic heterocycles. The lowest BCUT2D eigenvalue weighted by Crippen LogP contribution is -2.34. The summed E-state index contributed by atoms with van der Waals surface area (Å²) in [6, 6.07) is 4.39. The van der Waals surface area contributed by atoms with E-state index >= 15 is 0 Å². The Labute approximate surface area is 123 Å². The maximum atomic E-state index is 13.7. The minimum Gasteiger partial charge on any atom is -0.351 e. The highest BCUT2D eigenvalue weighted by Gasteiger charge is 2.20. The summed E-state index contributed by atoms with van der Waals surface area (Å²) in [5.74, 6) is -0.528. The Balaban J connectivity index is 2.63. The lowest BCUT2D eigenvalue weighted by Gasteiger charge is -2.24. The minimum atomic E-state index is -0.680. The molecule has 0 radical (unpaired) electrons. The molecule has 0 aliphatic rings. The van der Waals surface area contributed by atoms with Crippen LogP contribution in [0.5, 0.6) is 0 Å². The highest BCUT2D eigenvalue weighted by molar-refractivity contribution is 6.31. The van der Waals surface area contributed by atoms with Gasteiger partial charge in [-0.05, 0) is 30.4 Å². The fourth-order valence-electron chi connectivity index (χ4n) is 1.73. The van der Waals surface area contributed by atoms with Crippen LogP contribution in [0.25, 0.3) is 0 Å². The van der Waals surface area contributed by atoms with Gasteiger partial charge in [0.2, 0.25) is 0 Å². The fraction of sp³-hybridized carbons (Fsp3) is 0.500. The van der Waals surface area contributed by atoms with Gasteiger partial charge in [0.1, 0.15) is 0 Å². The molecule has 0 bridgehead atoms. The molecule has 19 heavy (non-hydrogen) atoms. The van der Waals surface area contributed by atoms with Gasteiger partial charge in [-0.1, -0.05) is 31.5 Å². The number of nitrogens with one attached hydrogen (secondary N) is 1.